The standard InChI is InChI=1S/C25H36N6O2/c1-18(2)24-26-19(3)17-23(28-24)31-11-9-29(10-12-31)20(4)25(32)27-21-5-7-22(8-6-21)30-13-15-33-16-14-30/h5-8,17-18,20H,9-16H2,1-4H3,(H,27,32)/t20-/m1/s1. The van der Waals surface area contributed by atoms with Crippen LogP contribution in [-0.2, 0) is 9.53 Å². The zero-order chi connectivity index (χ0) is 23.4. The molecule has 1 atom stereocenters. The Morgan fingerprint density at radius 2 is 1.61 bits per heavy atom. The molecule has 0 bridgehead atoms. The molecule has 2 saturated heterocycles. The summed E-state index contributed by atoms with van der Waals surface area (Å²) in [6.07, 6.45) is 0. The van der Waals surface area contributed by atoms with Crippen molar-refractivity contribution >= 4 is 23.1 Å². The van der Waals surface area contributed by atoms with E-state index in [0.29, 0.717) is 5.92 Å². The van der Waals surface area contributed by atoms with Crippen LogP contribution in [0.2, 0.25) is 0 Å². The van der Waals surface area contributed by atoms with Gasteiger partial charge in [0.2, 0.25) is 5.91 Å². The van der Waals surface area contributed by atoms with Crippen LogP contribution in [-0.4, -0.2) is 79.3 Å². The van der Waals surface area contributed by atoms with Gasteiger partial charge in [0.25, 0.3) is 0 Å². The first-order chi connectivity index (χ1) is 15.9. The summed E-state index contributed by atoms with van der Waals surface area (Å²) in [5.74, 6) is 2.21. The lowest BCUT2D eigenvalue weighted by Gasteiger charge is -2.38. The third kappa shape index (κ3) is 5.81. The predicted octanol–water partition coefficient (Wildman–Crippen LogP) is 2.89. The minimum atomic E-state index is -0.190. The average Bonchev–Trinajstić information content (AvgIpc) is 2.84. The Morgan fingerprint density at radius 3 is 2.24 bits per heavy atom. The van der Waals surface area contributed by atoms with Gasteiger partial charge in [0.1, 0.15) is 11.6 Å². The highest BCUT2D eigenvalue weighted by atomic mass is 16.5. The number of carbonyl (C=O) groups is 1. The number of aromatic nitrogens is 2. The quantitative estimate of drug-likeness (QED) is 0.722. The van der Waals surface area contributed by atoms with E-state index in [0.717, 1.165) is 75.5 Å². The van der Waals surface area contributed by atoms with Gasteiger partial charge in [-0.15, -0.1) is 0 Å². The van der Waals surface area contributed by atoms with E-state index in [2.05, 4.69) is 57.0 Å². The average molecular weight is 453 g/mol. The van der Waals surface area contributed by atoms with Crippen LogP contribution in [0.5, 0.6) is 0 Å². The van der Waals surface area contributed by atoms with Crippen molar-refractivity contribution in [2.75, 3.05) is 67.6 Å². The van der Waals surface area contributed by atoms with Crippen LogP contribution in [0.4, 0.5) is 17.2 Å². The monoisotopic (exact) mass is 452 g/mol. The van der Waals surface area contributed by atoms with E-state index >= 15 is 0 Å². The Morgan fingerprint density at radius 1 is 0.939 bits per heavy atom. The van der Waals surface area contributed by atoms with Crippen molar-refractivity contribution in [2.24, 2.45) is 0 Å². The van der Waals surface area contributed by atoms with Crippen molar-refractivity contribution in [3.63, 3.8) is 0 Å². The van der Waals surface area contributed by atoms with Gasteiger partial charge >= 0.3 is 0 Å². The molecule has 3 heterocycles. The van der Waals surface area contributed by atoms with E-state index in [1.54, 1.807) is 0 Å². The number of aryl methyl sites for hydroxylation is 1. The Kier molecular flexibility index (Phi) is 7.45. The molecular weight excluding hydrogens is 416 g/mol. The lowest BCUT2D eigenvalue weighted by atomic mass is 10.2. The summed E-state index contributed by atoms with van der Waals surface area (Å²) in [4.78, 5) is 29.1. The highest BCUT2D eigenvalue weighted by Gasteiger charge is 2.26. The number of morpholine rings is 1. The zero-order valence-corrected chi connectivity index (χ0v) is 20.3. The van der Waals surface area contributed by atoms with Crippen LogP contribution in [0.15, 0.2) is 30.3 Å². The highest BCUT2D eigenvalue weighted by molar-refractivity contribution is 5.94. The van der Waals surface area contributed by atoms with Gasteiger partial charge < -0.3 is 19.9 Å². The number of rotatable bonds is 6. The van der Waals surface area contributed by atoms with Gasteiger partial charge in [0.05, 0.1) is 19.3 Å². The van der Waals surface area contributed by atoms with Crippen molar-refractivity contribution in [1.82, 2.24) is 14.9 Å². The third-order valence-corrected chi connectivity index (χ3v) is 6.45. The van der Waals surface area contributed by atoms with Crippen LogP contribution in [0.25, 0.3) is 0 Å². The molecule has 4 rings (SSSR count). The van der Waals surface area contributed by atoms with Gasteiger partial charge in [-0.1, -0.05) is 13.8 Å². The second-order valence-electron chi connectivity index (χ2n) is 9.21. The summed E-state index contributed by atoms with van der Waals surface area (Å²) in [7, 11) is 0. The maximum Gasteiger partial charge on any atom is 0.241 e. The number of carbonyl (C=O) groups excluding carboxylic acids is 1. The summed E-state index contributed by atoms with van der Waals surface area (Å²) in [5.41, 5.74) is 3.00. The minimum Gasteiger partial charge on any atom is -0.378 e. The Bertz CT molecular complexity index is 934. The number of piperazine rings is 1. The minimum absolute atomic E-state index is 0.0301. The SMILES string of the molecule is Cc1cc(N2CCN([C@H](C)C(=O)Nc3ccc(N4CCOCC4)cc3)CC2)nc(C(C)C)n1. The molecule has 1 N–H and O–H groups in total. The number of nitrogens with one attached hydrogen (secondary N) is 1. The van der Waals surface area contributed by atoms with Crippen molar-refractivity contribution in [3.8, 4) is 0 Å². The fourth-order valence-electron chi connectivity index (χ4n) is 4.32. The fourth-order valence-corrected chi connectivity index (χ4v) is 4.32. The number of nitrogens with zero attached hydrogens (tertiary/aromatic N) is 5. The smallest absolute Gasteiger partial charge is 0.241 e. The third-order valence-electron chi connectivity index (χ3n) is 6.45. The zero-order valence-electron chi connectivity index (χ0n) is 20.3. The van der Waals surface area contributed by atoms with Gasteiger partial charge in [-0.05, 0) is 38.1 Å². The molecule has 2 fully saturated rings. The Hall–Kier alpha value is -2.71. The molecule has 1 aromatic heterocycles. The lowest BCUT2D eigenvalue weighted by Crippen LogP contribution is -2.53. The molecule has 1 amide bonds. The number of hydrogen-bond donors (Lipinski definition) is 1. The first-order valence-corrected chi connectivity index (χ1v) is 12.0. The van der Waals surface area contributed by atoms with Crippen LogP contribution in [0.1, 0.15) is 38.2 Å². The summed E-state index contributed by atoms with van der Waals surface area (Å²) in [6.45, 7) is 14.9. The molecule has 8 heteroatoms. The van der Waals surface area contributed by atoms with E-state index in [9.17, 15) is 4.79 Å². The fraction of sp³-hybridized carbons (Fsp3) is 0.560. The van der Waals surface area contributed by atoms with Crippen LogP contribution < -0.4 is 15.1 Å². The molecule has 0 unspecified atom stereocenters. The highest BCUT2D eigenvalue weighted by Crippen LogP contribution is 2.21. The maximum atomic E-state index is 12.9. The van der Waals surface area contributed by atoms with E-state index in [1.807, 2.05) is 26.0 Å². The second-order valence-corrected chi connectivity index (χ2v) is 9.21. The van der Waals surface area contributed by atoms with Gasteiger partial charge in [-0.2, -0.15) is 0 Å². The number of anilines is 3. The number of benzene rings is 1. The van der Waals surface area contributed by atoms with E-state index in [1.165, 1.54) is 5.69 Å². The number of ether oxygens (including phenoxy) is 1. The van der Waals surface area contributed by atoms with Gasteiger partial charge in [0.15, 0.2) is 0 Å². The second kappa shape index (κ2) is 10.5. The first-order valence-electron chi connectivity index (χ1n) is 12.0. The molecule has 8 nitrogen and oxygen atoms in total. The predicted molar refractivity (Wildman–Crippen MR) is 132 cm³/mol. The topological polar surface area (TPSA) is 73.8 Å². The van der Waals surface area contributed by atoms with Crippen molar-refractivity contribution in [3.05, 3.63) is 41.9 Å². The molecule has 1 aromatic carbocycles. The molecule has 2 aliphatic rings. The van der Waals surface area contributed by atoms with Crippen molar-refractivity contribution in [1.29, 1.82) is 0 Å². The summed E-state index contributed by atoms with van der Waals surface area (Å²) in [6, 6.07) is 9.97. The van der Waals surface area contributed by atoms with Gasteiger partial charge in [-0.3, -0.25) is 9.69 Å². The maximum absolute atomic E-state index is 12.9. The first kappa shape index (κ1) is 23.4. The summed E-state index contributed by atoms with van der Waals surface area (Å²) >= 11 is 0. The molecule has 2 aromatic rings. The van der Waals surface area contributed by atoms with Crippen LogP contribution >= 0.6 is 0 Å². The summed E-state index contributed by atoms with van der Waals surface area (Å²) in [5, 5.41) is 3.08. The molecule has 0 radical (unpaired) electrons. The van der Waals surface area contributed by atoms with Gasteiger partial charge in [0, 0.05) is 68.3 Å². The Labute approximate surface area is 196 Å². The normalized spacial score (nSPS) is 18.5. The summed E-state index contributed by atoms with van der Waals surface area (Å²) < 4.78 is 5.42. The van der Waals surface area contributed by atoms with Crippen LogP contribution in [0.3, 0.4) is 0 Å². The lowest BCUT2D eigenvalue weighted by molar-refractivity contribution is -0.120. The van der Waals surface area contributed by atoms with Crippen LogP contribution in [0, 0.1) is 6.92 Å². The largest absolute Gasteiger partial charge is 0.378 e. The van der Waals surface area contributed by atoms with Crippen molar-refractivity contribution in [2.45, 2.75) is 39.7 Å². The molecule has 178 valence electrons. The molecular formula is C25H36N6O2. The molecule has 0 saturated carbocycles. The van der Waals surface area contributed by atoms with E-state index in [-0.39, 0.29) is 11.9 Å². The van der Waals surface area contributed by atoms with E-state index < -0.39 is 0 Å². The van der Waals surface area contributed by atoms with E-state index in [4.69, 9.17) is 9.72 Å². The molecule has 0 spiro atoms. The number of hydrogen-bond acceptors (Lipinski definition) is 7. The molecule has 2 aliphatic heterocycles. The van der Waals surface area contributed by atoms with Gasteiger partial charge in [-0.25, -0.2) is 9.97 Å². The Balaban J connectivity index is 1.30. The van der Waals surface area contributed by atoms with Crippen molar-refractivity contribution < 1.29 is 9.53 Å². The number of amides is 1. The molecule has 33 heavy (non-hydrogen) atoms. The molecule has 0 aliphatic carbocycles.